The van der Waals surface area contributed by atoms with Crippen LogP contribution in [0.25, 0.3) is 0 Å². The first kappa shape index (κ1) is 20.1. The number of amides is 1. The number of esters is 1. The molecule has 0 saturated heterocycles. The number of nitrogens with one attached hydrogen (secondary N) is 1. The van der Waals surface area contributed by atoms with E-state index in [0.717, 1.165) is 31.4 Å². The Morgan fingerprint density at radius 1 is 1.19 bits per heavy atom. The van der Waals surface area contributed by atoms with Gasteiger partial charge in [0.15, 0.2) is 6.61 Å². The van der Waals surface area contributed by atoms with E-state index in [9.17, 15) is 28.0 Å². The topological polar surface area (TPSA) is 79.2 Å². The zero-order valence-electron chi connectivity index (χ0n) is 13.8. The molecular formula is C17H17F3N2O3S. The molecule has 1 aromatic rings. The molecule has 26 heavy (non-hydrogen) atoms. The highest BCUT2D eigenvalue weighted by molar-refractivity contribution is 8.00. The van der Waals surface area contributed by atoms with E-state index in [1.165, 1.54) is 12.1 Å². The fourth-order valence-corrected chi connectivity index (χ4v) is 3.27. The Bertz CT molecular complexity index is 693. The molecule has 0 heterocycles. The molecule has 1 aliphatic carbocycles. The number of carbonyl (C=O) groups is 2. The molecule has 0 radical (unpaired) electrons. The number of benzene rings is 1. The number of ether oxygens (including phenoxy) is 1. The highest BCUT2D eigenvalue weighted by atomic mass is 32.2. The number of rotatable bonds is 5. The van der Waals surface area contributed by atoms with E-state index in [0.29, 0.717) is 12.8 Å². The minimum absolute atomic E-state index is 0.0389. The van der Waals surface area contributed by atoms with E-state index < -0.39 is 29.5 Å². The molecule has 0 aliphatic heterocycles. The summed E-state index contributed by atoms with van der Waals surface area (Å²) in [6.45, 7) is -0.554. The lowest BCUT2D eigenvalue weighted by atomic mass is 9.83. The number of alkyl halides is 3. The standard InChI is InChI=1S/C17H17F3N2O3S/c18-17(19,20)26-13-6-4-12(5-7-13)15(24)25-10-14(23)22-16(11-21)8-2-1-3-9-16/h4-7H,1-3,8-10H2,(H,22,23). The summed E-state index contributed by atoms with van der Waals surface area (Å²) in [6.07, 6.45) is 3.81. The molecule has 1 aliphatic rings. The molecule has 0 aromatic heterocycles. The minimum Gasteiger partial charge on any atom is -0.452 e. The molecule has 1 saturated carbocycles. The average Bonchev–Trinajstić information content (AvgIpc) is 2.60. The fraction of sp³-hybridized carbons (Fsp3) is 0.471. The van der Waals surface area contributed by atoms with Gasteiger partial charge in [-0.25, -0.2) is 4.79 Å². The number of halogens is 3. The number of nitriles is 1. The van der Waals surface area contributed by atoms with Crippen molar-refractivity contribution in [3.05, 3.63) is 29.8 Å². The smallest absolute Gasteiger partial charge is 0.446 e. The fourth-order valence-electron chi connectivity index (χ4n) is 2.73. The molecule has 1 N–H and O–H groups in total. The van der Waals surface area contributed by atoms with Crippen molar-refractivity contribution in [3.63, 3.8) is 0 Å². The quantitative estimate of drug-likeness (QED) is 0.615. The van der Waals surface area contributed by atoms with Crippen molar-refractivity contribution >= 4 is 23.6 Å². The maximum Gasteiger partial charge on any atom is 0.446 e. The van der Waals surface area contributed by atoms with Crippen molar-refractivity contribution in [1.29, 1.82) is 5.26 Å². The van der Waals surface area contributed by atoms with Crippen molar-refractivity contribution in [2.75, 3.05) is 6.61 Å². The van der Waals surface area contributed by atoms with E-state index in [2.05, 4.69) is 11.4 Å². The van der Waals surface area contributed by atoms with Gasteiger partial charge in [0.05, 0.1) is 11.6 Å². The summed E-state index contributed by atoms with van der Waals surface area (Å²) in [7, 11) is 0. The highest BCUT2D eigenvalue weighted by Gasteiger charge is 2.33. The molecule has 0 atom stereocenters. The SMILES string of the molecule is N#CC1(NC(=O)COC(=O)c2ccc(SC(F)(F)F)cc2)CCCCC1. The van der Waals surface area contributed by atoms with Crippen LogP contribution in [0.1, 0.15) is 42.5 Å². The van der Waals surface area contributed by atoms with Crippen molar-refractivity contribution in [3.8, 4) is 6.07 Å². The normalized spacial score (nSPS) is 16.4. The van der Waals surface area contributed by atoms with Crippen molar-refractivity contribution in [1.82, 2.24) is 5.32 Å². The number of carbonyl (C=O) groups excluding carboxylic acids is 2. The van der Waals surface area contributed by atoms with Gasteiger partial charge in [-0.15, -0.1) is 0 Å². The molecule has 1 aromatic carbocycles. The third-order valence-corrected chi connectivity index (χ3v) is 4.70. The van der Waals surface area contributed by atoms with E-state index >= 15 is 0 Å². The summed E-state index contributed by atoms with van der Waals surface area (Å²) >= 11 is -0.286. The Balaban J connectivity index is 1.86. The maximum absolute atomic E-state index is 12.3. The summed E-state index contributed by atoms with van der Waals surface area (Å²) < 4.78 is 41.7. The van der Waals surface area contributed by atoms with Gasteiger partial charge in [0.1, 0.15) is 5.54 Å². The molecule has 9 heteroatoms. The molecule has 5 nitrogen and oxygen atoms in total. The number of nitrogens with zero attached hydrogens (tertiary/aromatic N) is 1. The Kier molecular flexibility index (Phi) is 6.53. The predicted octanol–water partition coefficient (Wildman–Crippen LogP) is 3.80. The summed E-state index contributed by atoms with van der Waals surface area (Å²) in [5.74, 6) is -1.40. The average molecular weight is 386 g/mol. The lowest BCUT2D eigenvalue weighted by Gasteiger charge is -2.31. The van der Waals surface area contributed by atoms with Gasteiger partial charge in [0.2, 0.25) is 0 Å². The summed E-state index contributed by atoms with van der Waals surface area (Å²) in [4.78, 5) is 23.8. The molecular weight excluding hydrogens is 369 g/mol. The lowest BCUT2D eigenvalue weighted by Crippen LogP contribution is -2.50. The minimum atomic E-state index is -4.41. The van der Waals surface area contributed by atoms with Crippen LogP contribution in [0.4, 0.5) is 13.2 Å². The number of thioether (sulfide) groups is 1. The zero-order chi connectivity index (χ0) is 19.2. The number of hydrogen-bond donors (Lipinski definition) is 1. The first-order chi connectivity index (χ1) is 12.2. The zero-order valence-corrected chi connectivity index (χ0v) is 14.6. The van der Waals surface area contributed by atoms with Crippen molar-refractivity contribution < 1.29 is 27.5 Å². The molecule has 1 amide bonds. The Morgan fingerprint density at radius 3 is 2.35 bits per heavy atom. The van der Waals surface area contributed by atoms with E-state index in [1.807, 2.05) is 0 Å². The van der Waals surface area contributed by atoms with Gasteiger partial charge in [-0.05, 0) is 48.9 Å². The van der Waals surface area contributed by atoms with Crippen LogP contribution in [-0.4, -0.2) is 29.5 Å². The van der Waals surface area contributed by atoms with Crippen LogP contribution in [0.2, 0.25) is 0 Å². The van der Waals surface area contributed by atoms with Gasteiger partial charge in [-0.2, -0.15) is 18.4 Å². The largest absolute Gasteiger partial charge is 0.452 e. The van der Waals surface area contributed by atoms with Gasteiger partial charge in [0.25, 0.3) is 5.91 Å². The predicted molar refractivity (Wildman–Crippen MR) is 88.2 cm³/mol. The molecule has 1 fully saturated rings. The first-order valence-electron chi connectivity index (χ1n) is 7.98. The third kappa shape index (κ3) is 5.95. The summed E-state index contributed by atoms with van der Waals surface area (Å²) in [5, 5.41) is 11.9. The molecule has 140 valence electrons. The monoisotopic (exact) mass is 386 g/mol. The van der Waals surface area contributed by atoms with E-state index in [-0.39, 0.29) is 22.2 Å². The van der Waals surface area contributed by atoms with Gasteiger partial charge < -0.3 is 10.1 Å². The lowest BCUT2D eigenvalue weighted by molar-refractivity contribution is -0.125. The third-order valence-electron chi connectivity index (χ3n) is 3.96. The van der Waals surface area contributed by atoms with Crippen LogP contribution in [0, 0.1) is 11.3 Å². The van der Waals surface area contributed by atoms with Gasteiger partial charge >= 0.3 is 11.5 Å². The van der Waals surface area contributed by atoms with Gasteiger partial charge in [0, 0.05) is 4.90 Å². The molecule has 2 rings (SSSR count). The second-order valence-electron chi connectivity index (χ2n) is 5.95. The Hall–Kier alpha value is -2.21. The molecule has 0 spiro atoms. The van der Waals surface area contributed by atoms with E-state index in [4.69, 9.17) is 4.74 Å². The Labute approximate surface area is 152 Å². The number of hydrogen-bond acceptors (Lipinski definition) is 5. The van der Waals surface area contributed by atoms with Crippen molar-refractivity contribution in [2.45, 2.75) is 48.0 Å². The van der Waals surface area contributed by atoms with Crippen LogP contribution in [0.5, 0.6) is 0 Å². The molecule has 0 unspecified atom stereocenters. The first-order valence-corrected chi connectivity index (χ1v) is 8.80. The van der Waals surface area contributed by atoms with Gasteiger partial charge in [-0.1, -0.05) is 19.3 Å². The van der Waals surface area contributed by atoms with Crippen LogP contribution in [0.15, 0.2) is 29.2 Å². The maximum atomic E-state index is 12.3. The second kappa shape index (κ2) is 8.45. The second-order valence-corrected chi connectivity index (χ2v) is 7.09. The van der Waals surface area contributed by atoms with E-state index in [1.54, 1.807) is 0 Å². The van der Waals surface area contributed by atoms with Gasteiger partial charge in [-0.3, -0.25) is 4.79 Å². The van der Waals surface area contributed by atoms with Crippen molar-refractivity contribution in [2.24, 2.45) is 0 Å². The Morgan fingerprint density at radius 2 is 1.81 bits per heavy atom. The summed E-state index contributed by atoms with van der Waals surface area (Å²) in [6, 6.07) is 6.84. The highest BCUT2D eigenvalue weighted by Crippen LogP contribution is 2.36. The van der Waals surface area contributed by atoms with Crippen LogP contribution >= 0.6 is 11.8 Å². The van der Waals surface area contributed by atoms with Crippen LogP contribution < -0.4 is 5.32 Å². The molecule has 0 bridgehead atoms. The van der Waals surface area contributed by atoms with Crippen LogP contribution in [-0.2, 0) is 9.53 Å². The van der Waals surface area contributed by atoms with Crippen LogP contribution in [0.3, 0.4) is 0 Å². The summed E-state index contributed by atoms with van der Waals surface area (Å²) in [5.41, 5.74) is -5.29.